The topological polar surface area (TPSA) is 63.0 Å². The predicted molar refractivity (Wildman–Crippen MR) is 103 cm³/mol. The summed E-state index contributed by atoms with van der Waals surface area (Å²) in [6.45, 7) is 0. The summed E-state index contributed by atoms with van der Waals surface area (Å²) in [6.07, 6.45) is 2.48. The van der Waals surface area contributed by atoms with Gasteiger partial charge in [-0.2, -0.15) is 0 Å². The van der Waals surface area contributed by atoms with E-state index in [2.05, 4.69) is 17.1 Å². The molecular formula is C22H19N3O2. The van der Waals surface area contributed by atoms with Gasteiger partial charge in [-0.25, -0.2) is 4.79 Å². The van der Waals surface area contributed by atoms with Gasteiger partial charge in [0, 0.05) is 29.1 Å². The van der Waals surface area contributed by atoms with Crippen molar-refractivity contribution in [1.29, 1.82) is 0 Å². The highest BCUT2D eigenvalue weighted by Crippen LogP contribution is 2.44. The van der Waals surface area contributed by atoms with E-state index in [9.17, 15) is 9.90 Å². The molecule has 2 aliphatic rings. The van der Waals surface area contributed by atoms with Gasteiger partial charge in [0.1, 0.15) is 6.04 Å². The summed E-state index contributed by atoms with van der Waals surface area (Å²) in [4.78, 5) is 16.8. The fourth-order valence-corrected chi connectivity index (χ4v) is 4.55. The second kappa shape index (κ2) is 5.16. The number of hydrogen-bond donors (Lipinski definition) is 2. The number of benzene rings is 2. The number of hydrogen-bond acceptors (Lipinski definition) is 2. The van der Waals surface area contributed by atoms with Crippen LogP contribution in [0.15, 0.2) is 59.4 Å². The number of fused-ring (bicyclic) bond motifs is 4. The number of aromatic amines is 1. The second-order valence-corrected chi connectivity index (χ2v) is 7.58. The molecule has 2 aromatic heterocycles. The molecule has 1 fully saturated rings. The van der Waals surface area contributed by atoms with Gasteiger partial charge in [-0.1, -0.05) is 48.5 Å². The maximum absolute atomic E-state index is 13.3. The number of nitrogens with one attached hydrogen (secondary N) is 1. The van der Waals surface area contributed by atoms with E-state index in [0.29, 0.717) is 6.42 Å². The highest BCUT2D eigenvalue weighted by Gasteiger charge is 2.38. The SMILES string of the molecule is O=c1n(C2CC2)c(O)c2n1[C@@H](c1ccccc1)c1[nH]c3ccccc3c1C2. The van der Waals surface area contributed by atoms with Crippen LogP contribution < -0.4 is 5.69 Å². The lowest BCUT2D eigenvalue weighted by molar-refractivity contribution is 0.410. The van der Waals surface area contributed by atoms with Gasteiger partial charge in [0.05, 0.1) is 5.69 Å². The highest BCUT2D eigenvalue weighted by atomic mass is 16.3. The van der Waals surface area contributed by atoms with Crippen LogP contribution in [0.1, 0.15) is 47.4 Å². The number of imidazole rings is 1. The first-order chi connectivity index (χ1) is 13.2. The van der Waals surface area contributed by atoms with E-state index < -0.39 is 0 Å². The Hall–Kier alpha value is -3.21. The van der Waals surface area contributed by atoms with E-state index in [1.165, 1.54) is 5.56 Å². The van der Waals surface area contributed by atoms with Crippen LogP contribution in [0.2, 0.25) is 0 Å². The fraction of sp³-hybridized carbons (Fsp3) is 0.227. The third-order valence-electron chi connectivity index (χ3n) is 5.94. The van der Waals surface area contributed by atoms with Crippen LogP contribution in [0.25, 0.3) is 10.9 Å². The Morgan fingerprint density at radius 2 is 1.70 bits per heavy atom. The number of H-pyrrole nitrogens is 1. The largest absolute Gasteiger partial charge is 0.493 e. The highest BCUT2D eigenvalue weighted by molar-refractivity contribution is 5.86. The van der Waals surface area contributed by atoms with Crippen molar-refractivity contribution >= 4 is 10.9 Å². The molecule has 0 amide bonds. The fourth-order valence-electron chi connectivity index (χ4n) is 4.55. The smallest absolute Gasteiger partial charge is 0.332 e. The van der Waals surface area contributed by atoms with Crippen LogP contribution in [-0.4, -0.2) is 19.2 Å². The summed E-state index contributed by atoms with van der Waals surface area (Å²) in [7, 11) is 0. The van der Waals surface area contributed by atoms with Gasteiger partial charge in [-0.05, 0) is 30.0 Å². The van der Waals surface area contributed by atoms with Crippen LogP contribution in [0.3, 0.4) is 0 Å². The Morgan fingerprint density at radius 1 is 0.963 bits per heavy atom. The first kappa shape index (κ1) is 14.9. The van der Waals surface area contributed by atoms with Crippen molar-refractivity contribution in [3.63, 3.8) is 0 Å². The molecule has 3 heterocycles. The number of aromatic nitrogens is 3. The molecule has 5 heteroatoms. The molecule has 0 bridgehead atoms. The molecule has 1 saturated carbocycles. The van der Waals surface area contributed by atoms with Crippen LogP contribution in [0.4, 0.5) is 0 Å². The van der Waals surface area contributed by atoms with E-state index in [-0.39, 0.29) is 23.7 Å². The van der Waals surface area contributed by atoms with E-state index in [1.807, 2.05) is 42.5 Å². The first-order valence-electron chi connectivity index (χ1n) is 9.43. The molecule has 27 heavy (non-hydrogen) atoms. The molecule has 134 valence electrons. The molecule has 6 rings (SSSR count). The number of para-hydroxylation sites is 1. The van der Waals surface area contributed by atoms with Crippen molar-refractivity contribution in [2.45, 2.75) is 31.3 Å². The van der Waals surface area contributed by atoms with E-state index in [4.69, 9.17) is 0 Å². The Kier molecular flexibility index (Phi) is 2.85. The Labute approximate surface area is 155 Å². The second-order valence-electron chi connectivity index (χ2n) is 7.58. The van der Waals surface area contributed by atoms with Gasteiger partial charge >= 0.3 is 5.69 Å². The van der Waals surface area contributed by atoms with E-state index in [0.717, 1.165) is 40.7 Å². The summed E-state index contributed by atoms with van der Waals surface area (Å²) in [5.41, 5.74) is 4.94. The molecule has 4 aromatic rings. The first-order valence-corrected chi connectivity index (χ1v) is 9.43. The average Bonchev–Trinajstić information content (AvgIpc) is 3.41. The molecule has 5 nitrogen and oxygen atoms in total. The van der Waals surface area contributed by atoms with Crippen LogP contribution in [-0.2, 0) is 6.42 Å². The minimum Gasteiger partial charge on any atom is -0.493 e. The molecule has 1 aliphatic carbocycles. The molecule has 0 spiro atoms. The number of rotatable bonds is 2. The van der Waals surface area contributed by atoms with Gasteiger partial charge in [-0.15, -0.1) is 0 Å². The molecule has 1 atom stereocenters. The van der Waals surface area contributed by atoms with Gasteiger partial charge < -0.3 is 10.1 Å². The van der Waals surface area contributed by atoms with Crippen molar-refractivity contribution in [1.82, 2.24) is 14.1 Å². The lowest BCUT2D eigenvalue weighted by atomic mass is 9.93. The molecule has 0 saturated heterocycles. The Bertz CT molecular complexity index is 1240. The van der Waals surface area contributed by atoms with Crippen molar-refractivity contribution in [3.05, 3.63) is 87.6 Å². The average molecular weight is 357 g/mol. The lowest BCUT2D eigenvalue weighted by Gasteiger charge is -2.25. The summed E-state index contributed by atoms with van der Waals surface area (Å²) in [5, 5.41) is 12.1. The van der Waals surface area contributed by atoms with E-state index >= 15 is 0 Å². The number of aromatic hydroxyl groups is 1. The third kappa shape index (κ3) is 1.97. The quantitative estimate of drug-likeness (QED) is 0.506. The van der Waals surface area contributed by atoms with Gasteiger partial charge in [0.25, 0.3) is 0 Å². The van der Waals surface area contributed by atoms with Crippen molar-refractivity contribution in [3.8, 4) is 5.88 Å². The van der Waals surface area contributed by atoms with Gasteiger partial charge in [0.15, 0.2) is 0 Å². The minimum atomic E-state index is -0.254. The van der Waals surface area contributed by atoms with Gasteiger partial charge in [0.2, 0.25) is 5.88 Å². The molecule has 1 aliphatic heterocycles. The molecule has 2 aromatic carbocycles. The molecule has 0 radical (unpaired) electrons. The minimum absolute atomic E-state index is 0.108. The Morgan fingerprint density at radius 3 is 2.48 bits per heavy atom. The monoisotopic (exact) mass is 357 g/mol. The summed E-state index contributed by atoms with van der Waals surface area (Å²) < 4.78 is 3.39. The maximum atomic E-state index is 13.3. The normalized spacial score (nSPS) is 18.4. The van der Waals surface area contributed by atoms with Crippen LogP contribution in [0.5, 0.6) is 5.88 Å². The standard InChI is InChI=1S/C22H19N3O2/c26-21-18-12-16-15-8-4-5-9-17(15)23-19(16)20(13-6-2-1-3-7-13)25(18)22(27)24(21)14-10-11-14/h1-9,14,20,23,26H,10-12H2/t20-/m0/s1. The zero-order valence-electron chi connectivity index (χ0n) is 14.7. The van der Waals surface area contributed by atoms with Gasteiger partial charge in [-0.3, -0.25) is 9.13 Å². The zero-order valence-corrected chi connectivity index (χ0v) is 14.7. The van der Waals surface area contributed by atoms with Crippen molar-refractivity contribution in [2.24, 2.45) is 0 Å². The molecular weight excluding hydrogens is 338 g/mol. The lowest BCUT2D eigenvalue weighted by Crippen LogP contribution is -2.32. The summed E-state index contributed by atoms with van der Waals surface area (Å²) in [5.74, 6) is 0.138. The summed E-state index contributed by atoms with van der Waals surface area (Å²) >= 11 is 0. The zero-order chi connectivity index (χ0) is 18.1. The van der Waals surface area contributed by atoms with Crippen molar-refractivity contribution in [2.75, 3.05) is 0 Å². The molecule has 2 N–H and O–H groups in total. The van der Waals surface area contributed by atoms with Crippen molar-refractivity contribution < 1.29 is 5.11 Å². The third-order valence-corrected chi connectivity index (χ3v) is 5.94. The van der Waals surface area contributed by atoms with E-state index in [1.54, 1.807) is 9.13 Å². The van der Waals surface area contributed by atoms with Crippen LogP contribution in [0, 0.1) is 0 Å². The molecule has 0 unspecified atom stereocenters. The number of nitrogens with zero attached hydrogens (tertiary/aromatic N) is 2. The predicted octanol–water partition coefficient (Wildman–Crippen LogP) is 3.71. The maximum Gasteiger partial charge on any atom is 0.332 e. The Balaban J connectivity index is 1.69. The summed E-state index contributed by atoms with van der Waals surface area (Å²) in [6, 6.07) is 18.2. The van der Waals surface area contributed by atoms with Crippen LogP contribution >= 0.6 is 0 Å².